The second-order valence-corrected chi connectivity index (χ2v) is 0.793. The summed E-state index contributed by atoms with van der Waals surface area (Å²) in [5.41, 5.74) is 0. The maximum absolute atomic E-state index is 9.45. The molecule has 0 saturated heterocycles. The molecule has 0 aromatic heterocycles. The summed E-state index contributed by atoms with van der Waals surface area (Å²) >= 11 is 0. The molecule has 0 amide bonds. The zero-order valence-electron chi connectivity index (χ0n) is 3.61. The predicted molar refractivity (Wildman–Crippen MR) is 21.8 cm³/mol. The van der Waals surface area contributed by atoms with Crippen molar-refractivity contribution >= 4 is 5.84 Å². The van der Waals surface area contributed by atoms with Crippen LogP contribution in [-0.2, 0) is 0 Å². The van der Waals surface area contributed by atoms with Gasteiger partial charge in [0.2, 0.25) is 6.07 Å². The van der Waals surface area contributed by atoms with Gasteiger partial charge < -0.3 is 15.3 Å². The van der Waals surface area contributed by atoms with E-state index >= 15 is 0 Å². The Bertz CT molecular complexity index is 166. The third-order valence-electron chi connectivity index (χ3n) is 0.368. The van der Waals surface area contributed by atoms with Crippen molar-refractivity contribution in [2.75, 3.05) is 0 Å². The molecule has 0 atom stereocenters. The summed E-state index contributed by atoms with van der Waals surface area (Å²) in [4.78, 5) is 8.37. The number of amidine groups is 1. The number of nitrogens with zero attached hydrogens (tertiary/aromatic N) is 3. The van der Waals surface area contributed by atoms with Crippen molar-refractivity contribution in [3.63, 3.8) is 0 Å². The number of hydrogen-bond donors (Lipinski definition) is 1. The summed E-state index contributed by atoms with van der Waals surface area (Å²) in [6, 6.07) is 1.05. The van der Waals surface area contributed by atoms with Crippen LogP contribution in [0.4, 0.5) is 0 Å². The lowest BCUT2D eigenvalue weighted by molar-refractivity contribution is -0.349. The van der Waals surface area contributed by atoms with Crippen LogP contribution in [0.1, 0.15) is 0 Å². The molecule has 0 aromatic carbocycles. The van der Waals surface area contributed by atoms with Gasteiger partial charge in [0, 0.05) is 0 Å². The maximum Gasteiger partial charge on any atom is 0.487 e. The smallest absolute Gasteiger partial charge is 0.357 e. The van der Waals surface area contributed by atoms with Gasteiger partial charge in [-0.2, -0.15) is 5.26 Å². The quantitative estimate of drug-likeness (QED) is 0.152. The number of nitro groups is 1. The molecule has 0 fully saturated rings. The minimum atomic E-state index is -1.11. The van der Waals surface area contributed by atoms with Gasteiger partial charge in [-0.3, -0.25) is 0 Å². The molecule has 0 aliphatic carbocycles. The zero-order valence-corrected chi connectivity index (χ0v) is 3.61. The highest BCUT2D eigenvalue weighted by atomic mass is 16.6. The summed E-state index contributed by atoms with van der Waals surface area (Å²) in [6.45, 7) is 0. The fraction of sp³-hybridized carbons (Fsp3) is 0. The molecule has 0 aliphatic heterocycles. The number of oxime groups is 1. The first-order valence-electron chi connectivity index (χ1n) is 1.49. The van der Waals surface area contributed by atoms with Crippen LogP contribution in [0, 0.1) is 21.4 Å². The van der Waals surface area contributed by atoms with Crippen molar-refractivity contribution < 1.29 is 10.1 Å². The van der Waals surface area contributed by atoms with Crippen LogP contribution in [0.2, 0.25) is 0 Å². The Balaban J connectivity index is 4.20. The Kier molecular flexibility index (Phi) is 2.00. The van der Waals surface area contributed by atoms with Crippen LogP contribution in [0.3, 0.4) is 0 Å². The van der Waals surface area contributed by atoms with Gasteiger partial charge in [0.25, 0.3) is 0 Å². The highest BCUT2D eigenvalue weighted by Gasteiger charge is 2.08. The second-order valence-electron chi connectivity index (χ2n) is 0.793. The first-order valence-corrected chi connectivity index (χ1v) is 1.49. The van der Waals surface area contributed by atoms with E-state index in [1.165, 1.54) is 0 Å². The first kappa shape index (κ1) is 6.36. The molecular formula is C2HN3O3. The van der Waals surface area contributed by atoms with Crippen LogP contribution in [0.25, 0.3) is 0 Å². The van der Waals surface area contributed by atoms with E-state index in [1.807, 2.05) is 0 Å². The average molecular weight is 115 g/mol. The van der Waals surface area contributed by atoms with Crippen molar-refractivity contribution in [1.29, 1.82) is 5.26 Å². The SMILES string of the molecule is N#C/C(=N/O)[N+](=O)[O-]. The van der Waals surface area contributed by atoms with Gasteiger partial charge in [-0.25, -0.2) is 0 Å². The zero-order chi connectivity index (χ0) is 6.57. The fourth-order valence-electron chi connectivity index (χ4n) is 0.0997. The van der Waals surface area contributed by atoms with Crippen molar-refractivity contribution in [2.45, 2.75) is 0 Å². The molecule has 0 spiro atoms. The highest BCUT2D eigenvalue weighted by Crippen LogP contribution is 1.72. The molecule has 0 bridgehead atoms. The maximum atomic E-state index is 9.45. The molecule has 6 heteroatoms. The molecule has 0 radical (unpaired) electrons. The fourth-order valence-corrected chi connectivity index (χ4v) is 0.0997. The van der Waals surface area contributed by atoms with E-state index in [-0.39, 0.29) is 0 Å². The van der Waals surface area contributed by atoms with E-state index in [4.69, 9.17) is 10.5 Å². The molecular weight excluding hydrogens is 114 g/mol. The molecule has 0 aromatic rings. The number of hydrogen-bond acceptors (Lipinski definition) is 5. The van der Waals surface area contributed by atoms with Crippen LogP contribution < -0.4 is 0 Å². The topological polar surface area (TPSA) is 99.5 Å². The van der Waals surface area contributed by atoms with Gasteiger partial charge in [-0.1, -0.05) is 0 Å². The molecule has 42 valence electrons. The lowest BCUT2D eigenvalue weighted by Crippen LogP contribution is -2.07. The van der Waals surface area contributed by atoms with E-state index in [0.717, 1.165) is 6.07 Å². The van der Waals surface area contributed by atoms with Crippen LogP contribution >= 0.6 is 0 Å². The van der Waals surface area contributed by atoms with Crippen molar-refractivity contribution in [2.24, 2.45) is 5.16 Å². The Morgan fingerprint density at radius 2 is 2.50 bits per heavy atom. The third-order valence-corrected chi connectivity index (χ3v) is 0.368. The molecule has 0 heterocycles. The molecule has 0 rings (SSSR count). The molecule has 1 N–H and O–H groups in total. The molecule has 6 nitrogen and oxygen atoms in total. The van der Waals surface area contributed by atoms with E-state index in [0.29, 0.717) is 0 Å². The standard InChI is InChI=1S/C2HN3O3/c3-1-2(4-6)5(7)8/h6H/b4-2-. The number of rotatable bonds is 0. The predicted octanol–water partition coefficient (Wildman–Crippen LogP) is -0.426. The minimum Gasteiger partial charge on any atom is -0.357 e. The van der Waals surface area contributed by atoms with Crippen LogP contribution in [0.5, 0.6) is 0 Å². The van der Waals surface area contributed by atoms with E-state index in [2.05, 4.69) is 5.16 Å². The minimum absolute atomic E-state index is 1.05. The molecule has 0 aliphatic rings. The van der Waals surface area contributed by atoms with Gasteiger partial charge in [-0.15, -0.1) is 0 Å². The summed E-state index contributed by atoms with van der Waals surface area (Å²) < 4.78 is 0. The Morgan fingerprint density at radius 1 is 2.00 bits per heavy atom. The molecule has 0 unspecified atom stereocenters. The number of nitriles is 1. The summed E-state index contributed by atoms with van der Waals surface area (Å²) in [7, 11) is 0. The summed E-state index contributed by atoms with van der Waals surface area (Å²) in [6.07, 6.45) is 0. The van der Waals surface area contributed by atoms with E-state index in [9.17, 15) is 10.1 Å². The summed E-state index contributed by atoms with van der Waals surface area (Å²) in [5.74, 6) is -1.11. The average Bonchev–Trinajstić information content (AvgIpc) is 1.69. The Labute approximate surface area is 43.8 Å². The highest BCUT2D eigenvalue weighted by molar-refractivity contribution is 5.88. The molecule has 0 saturated carbocycles. The van der Waals surface area contributed by atoms with Gasteiger partial charge in [0.15, 0.2) is 5.16 Å². The summed E-state index contributed by atoms with van der Waals surface area (Å²) in [5, 5.41) is 26.9. The second kappa shape index (κ2) is 2.52. The van der Waals surface area contributed by atoms with E-state index in [1.54, 1.807) is 0 Å². The Hall–Kier alpha value is -1.64. The normalized spacial score (nSPS) is 10.1. The lowest BCUT2D eigenvalue weighted by Gasteiger charge is -1.80. The lowest BCUT2D eigenvalue weighted by atomic mass is 10.7. The largest absolute Gasteiger partial charge is 0.487 e. The van der Waals surface area contributed by atoms with E-state index < -0.39 is 10.8 Å². The van der Waals surface area contributed by atoms with Crippen molar-refractivity contribution in [3.8, 4) is 6.07 Å². The third kappa shape index (κ3) is 1.22. The monoisotopic (exact) mass is 115 g/mol. The Morgan fingerprint density at radius 3 is 2.50 bits per heavy atom. The van der Waals surface area contributed by atoms with Gasteiger partial charge in [-0.05, 0) is 4.92 Å². The molecule has 8 heavy (non-hydrogen) atoms. The van der Waals surface area contributed by atoms with Crippen LogP contribution in [-0.4, -0.2) is 16.0 Å². The first-order chi connectivity index (χ1) is 3.72. The van der Waals surface area contributed by atoms with Crippen LogP contribution in [0.15, 0.2) is 5.16 Å². The van der Waals surface area contributed by atoms with Crippen molar-refractivity contribution in [1.82, 2.24) is 0 Å². The van der Waals surface area contributed by atoms with Gasteiger partial charge in [0.05, 0.1) is 0 Å². The van der Waals surface area contributed by atoms with Gasteiger partial charge >= 0.3 is 5.84 Å². The van der Waals surface area contributed by atoms with Gasteiger partial charge in [0.1, 0.15) is 0 Å². The van der Waals surface area contributed by atoms with Crippen molar-refractivity contribution in [3.05, 3.63) is 10.1 Å².